The third kappa shape index (κ3) is 4.64. The van der Waals surface area contributed by atoms with Crippen LogP contribution in [0.15, 0.2) is 48.2 Å². The maximum atomic E-state index is 13.1. The fraction of sp³-hybridized carbons (Fsp3) is 0.478. The molecule has 28 heavy (non-hydrogen) atoms. The molecule has 1 N–H and O–H groups in total. The number of hydrogen-bond acceptors (Lipinski definition) is 3. The number of ether oxygens (including phenoxy) is 1. The van der Waals surface area contributed by atoms with E-state index in [0.29, 0.717) is 29.9 Å². The summed E-state index contributed by atoms with van der Waals surface area (Å²) in [5.74, 6) is 1.29. The van der Waals surface area contributed by atoms with Gasteiger partial charge < -0.3 is 10.1 Å². The zero-order valence-corrected chi connectivity index (χ0v) is 17.3. The predicted octanol–water partition coefficient (Wildman–Crippen LogP) is 4.50. The number of carbonyl (C=O) groups is 1. The zero-order chi connectivity index (χ0) is 20.1. The molecule has 1 amide bonds. The minimum Gasteiger partial charge on any atom is -0.471 e. The van der Waals surface area contributed by atoms with Crippen molar-refractivity contribution in [3.05, 3.63) is 59.3 Å². The van der Waals surface area contributed by atoms with Crippen molar-refractivity contribution in [2.45, 2.75) is 52.7 Å². The predicted molar refractivity (Wildman–Crippen MR) is 111 cm³/mol. The van der Waals surface area contributed by atoms with Gasteiger partial charge in [-0.25, -0.2) is 0 Å². The molecule has 2 aromatic rings. The Morgan fingerprint density at radius 1 is 1.29 bits per heavy atom. The lowest BCUT2D eigenvalue weighted by molar-refractivity contribution is 0.0918. The van der Waals surface area contributed by atoms with Crippen molar-refractivity contribution in [2.24, 2.45) is 18.9 Å². The highest BCUT2D eigenvalue weighted by atomic mass is 16.5. The molecule has 0 spiro atoms. The summed E-state index contributed by atoms with van der Waals surface area (Å²) >= 11 is 0. The summed E-state index contributed by atoms with van der Waals surface area (Å²) in [6.07, 6.45) is 7.17. The standard InChI is InChI=1S/C23H31N3O2/c1-5-18-12-16(3)13-19(6-2)21(18)24-22(27)20-14-26(4)25-23(20)28-15-17-10-8-7-9-11-17/h7-12,14,16,19,21H,5-6,13,15H2,1-4H3,(H,24,27). The molecule has 150 valence electrons. The van der Waals surface area contributed by atoms with Crippen molar-refractivity contribution in [1.29, 1.82) is 0 Å². The number of benzene rings is 1. The van der Waals surface area contributed by atoms with Crippen molar-refractivity contribution in [1.82, 2.24) is 15.1 Å². The van der Waals surface area contributed by atoms with Gasteiger partial charge in [0, 0.05) is 13.2 Å². The van der Waals surface area contributed by atoms with Crippen LogP contribution in [0.25, 0.3) is 0 Å². The number of carbonyl (C=O) groups excluding carboxylic acids is 1. The van der Waals surface area contributed by atoms with Gasteiger partial charge in [0.1, 0.15) is 12.2 Å². The SMILES string of the molecule is CCC1=CC(C)CC(CC)C1NC(=O)c1cn(C)nc1OCc1ccccc1. The van der Waals surface area contributed by atoms with E-state index < -0.39 is 0 Å². The molecule has 0 radical (unpaired) electrons. The first kappa shape index (κ1) is 20.2. The van der Waals surface area contributed by atoms with E-state index >= 15 is 0 Å². The number of aryl methyl sites for hydroxylation is 1. The maximum Gasteiger partial charge on any atom is 0.258 e. The van der Waals surface area contributed by atoms with Gasteiger partial charge in [-0.15, -0.1) is 5.10 Å². The fourth-order valence-electron chi connectivity index (χ4n) is 4.08. The highest BCUT2D eigenvalue weighted by molar-refractivity contribution is 5.96. The Kier molecular flexibility index (Phi) is 6.55. The number of aromatic nitrogens is 2. The quantitative estimate of drug-likeness (QED) is 0.719. The van der Waals surface area contributed by atoms with Crippen molar-refractivity contribution in [3.63, 3.8) is 0 Å². The van der Waals surface area contributed by atoms with Crippen LogP contribution in [-0.4, -0.2) is 21.7 Å². The van der Waals surface area contributed by atoms with E-state index in [4.69, 9.17) is 4.74 Å². The summed E-state index contributed by atoms with van der Waals surface area (Å²) in [5, 5.41) is 7.62. The fourth-order valence-corrected chi connectivity index (χ4v) is 4.08. The second kappa shape index (κ2) is 9.09. The second-order valence-electron chi connectivity index (χ2n) is 7.72. The minimum absolute atomic E-state index is 0.0841. The molecule has 3 rings (SSSR count). The van der Waals surface area contributed by atoms with Crippen molar-refractivity contribution >= 4 is 5.91 Å². The van der Waals surface area contributed by atoms with E-state index in [2.05, 4.69) is 37.3 Å². The summed E-state index contributed by atoms with van der Waals surface area (Å²) in [7, 11) is 1.81. The molecule has 5 nitrogen and oxygen atoms in total. The summed E-state index contributed by atoms with van der Waals surface area (Å²) in [6.45, 7) is 7.01. The molecular weight excluding hydrogens is 350 g/mol. The molecule has 0 fully saturated rings. The summed E-state index contributed by atoms with van der Waals surface area (Å²) in [6, 6.07) is 9.99. The Labute approximate surface area is 167 Å². The average Bonchev–Trinajstić information content (AvgIpc) is 3.08. The Hall–Kier alpha value is -2.56. The maximum absolute atomic E-state index is 13.1. The van der Waals surface area contributed by atoms with Crippen LogP contribution in [0.5, 0.6) is 5.88 Å². The van der Waals surface area contributed by atoms with Crippen LogP contribution in [0.3, 0.4) is 0 Å². The Balaban J connectivity index is 1.76. The van der Waals surface area contributed by atoms with Crippen molar-refractivity contribution in [2.75, 3.05) is 0 Å². The van der Waals surface area contributed by atoms with E-state index in [0.717, 1.165) is 24.8 Å². The monoisotopic (exact) mass is 381 g/mol. The first-order valence-corrected chi connectivity index (χ1v) is 10.2. The molecule has 0 saturated carbocycles. The van der Waals surface area contributed by atoms with Gasteiger partial charge >= 0.3 is 0 Å². The lowest BCUT2D eigenvalue weighted by atomic mass is 9.77. The summed E-state index contributed by atoms with van der Waals surface area (Å²) in [5.41, 5.74) is 2.86. The molecule has 1 heterocycles. The van der Waals surface area contributed by atoms with Crippen molar-refractivity contribution < 1.29 is 9.53 Å². The van der Waals surface area contributed by atoms with Gasteiger partial charge in [-0.05, 0) is 30.2 Å². The van der Waals surface area contributed by atoms with E-state index in [1.54, 1.807) is 17.9 Å². The largest absolute Gasteiger partial charge is 0.471 e. The lowest BCUT2D eigenvalue weighted by Crippen LogP contribution is -2.44. The molecule has 3 atom stereocenters. The van der Waals surface area contributed by atoms with Crippen LogP contribution in [-0.2, 0) is 13.7 Å². The normalized spacial score (nSPS) is 21.9. The van der Waals surface area contributed by atoms with Crippen LogP contribution in [0.1, 0.15) is 56.0 Å². The molecule has 0 saturated heterocycles. The molecule has 5 heteroatoms. The van der Waals surface area contributed by atoms with Gasteiger partial charge in [0.15, 0.2) is 0 Å². The zero-order valence-electron chi connectivity index (χ0n) is 17.3. The number of rotatable bonds is 7. The smallest absolute Gasteiger partial charge is 0.258 e. The minimum atomic E-state index is -0.117. The van der Waals surface area contributed by atoms with E-state index in [-0.39, 0.29) is 11.9 Å². The van der Waals surface area contributed by atoms with Gasteiger partial charge in [0.25, 0.3) is 5.91 Å². The van der Waals surface area contributed by atoms with Gasteiger partial charge in [-0.1, -0.05) is 69.2 Å². The number of nitrogens with one attached hydrogen (secondary N) is 1. The first-order valence-electron chi connectivity index (χ1n) is 10.2. The van der Waals surface area contributed by atoms with Gasteiger partial charge in [0.2, 0.25) is 5.88 Å². The number of allylic oxidation sites excluding steroid dienone is 1. The highest BCUT2D eigenvalue weighted by Gasteiger charge is 2.31. The number of hydrogen-bond donors (Lipinski definition) is 1. The average molecular weight is 382 g/mol. The molecule has 1 aliphatic carbocycles. The van der Waals surface area contributed by atoms with E-state index in [9.17, 15) is 4.79 Å². The van der Waals surface area contributed by atoms with Gasteiger partial charge in [0.05, 0.1) is 6.04 Å². The van der Waals surface area contributed by atoms with Crippen LogP contribution in [0.4, 0.5) is 0 Å². The topological polar surface area (TPSA) is 56.2 Å². The van der Waals surface area contributed by atoms with Crippen LogP contribution >= 0.6 is 0 Å². The second-order valence-corrected chi connectivity index (χ2v) is 7.72. The first-order chi connectivity index (χ1) is 13.5. The molecule has 1 aromatic heterocycles. The van der Waals surface area contributed by atoms with Crippen LogP contribution < -0.4 is 10.1 Å². The Bertz CT molecular complexity index is 826. The number of nitrogens with zero attached hydrogens (tertiary/aromatic N) is 2. The molecule has 0 bridgehead atoms. The third-order valence-corrected chi connectivity index (χ3v) is 5.52. The van der Waals surface area contributed by atoms with E-state index in [1.807, 2.05) is 30.3 Å². The molecular formula is C23H31N3O2. The molecule has 1 aliphatic rings. The lowest BCUT2D eigenvalue weighted by Gasteiger charge is -2.35. The third-order valence-electron chi connectivity index (χ3n) is 5.52. The summed E-state index contributed by atoms with van der Waals surface area (Å²) < 4.78 is 7.50. The van der Waals surface area contributed by atoms with Gasteiger partial charge in [-0.3, -0.25) is 9.48 Å². The number of amides is 1. The molecule has 0 aliphatic heterocycles. The van der Waals surface area contributed by atoms with Gasteiger partial charge in [-0.2, -0.15) is 0 Å². The summed E-state index contributed by atoms with van der Waals surface area (Å²) in [4.78, 5) is 13.1. The van der Waals surface area contributed by atoms with Crippen molar-refractivity contribution in [3.8, 4) is 5.88 Å². The Morgan fingerprint density at radius 2 is 2.04 bits per heavy atom. The molecule has 3 unspecified atom stereocenters. The van der Waals surface area contributed by atoms with Crippen LogP contribution in [0, 0.1) is 11.8 Å². The van der Waals surface area contributed by atoms with Crippen LogP contribution in [0.2, 0.25) is 0 Å². The molecule has 1 aromatic carbocycles. The highest BCUT2D eigenvalue weighted by Crippen LogP contribution is 2.32. The van der Waals surface area contributed by atoms with E-state index in [1.165, 1.54) is 5.57 Å². The Morgan fingerprint density at radius 3 is 2.71 bits per heavy atom.